The molecule has 0 aliphatic heterocycles. The van der Waals surface area contributed by atoms with Gasteiger partial charge in [0.2, 0.25) is 0 Å². The lowest BCUT2D eigenvalue weighted by atomic mass is 10.2. The van der Waals surface area contributed by atoms with Gasteiger partial charge in [-0.15, -0.1) is 0 Å². The molecule has 1 heterocycles. The van der Waals surface area contributed by atoms with Crippen LogP contribution in [-0.2, 0) is 6.54 Å². The molecule has 0 radical (unpaired) electrons. The molecular formula is C19H17ClFN5O3. The second-order valence-electron chi connectivity index (χ2n) is 6.29. The number of rotatable bonds is 5. The maximum absolute atomic E-state index is 14.1. The van der Waals surface area contributed by atoms with Crippen LogP contribution in [0, 0.1) is 29.8 Å². The average molecular weight is 418 g/mol. The van der Waals surface area contributed by atoms with Crippen LogP contribution in [0.4, 0.5) is 26.2 Å². The number of carbonyl (C=O) groups is 1. The highest BCUT2D eigenvalue weighted by Gasteiger charge is 2.17. The number of nitrogens with one attached hydrogen (secondary N) is 2. The number of nitro benzene ring substituents is 1. The van der Waals surface area contributed by atoms with Gasteiger partial charge in [0.1, 0.15) is 5.82 Å². The Balaban J connectivity index is 1.77. The number of non-ortho nitro benzene ring substituents is 1. The van der Waals surface area contributed by atoms with Crippen LogP contribution in [0.2, 0.25) is 5.02 Å². The van der Waals surface area contributed by atoms with Crippen molar-refractivity contribution in [1.82, 2.24) is 9.78 Å². The molecule has 10 heteroatoms. The molecule has 0 aliphatic carbocycles. The maximum Gasteiger partial charge on any atom is 0.323 e. The van der Waals surface area contributed by atoms with Crippen LogP contribution in [0.25, 0.3) is 0 Å². The molecule has 3 aromatic rings. The van der Waals surface area contributed by atoms with Crippen molar-refractivity contribution in [2.75, 3.05) is 10.6 Å². The Kier molecular flexibility index (Phi) is 5.79. The van der Waals surface area contributed by atoms with Gasteiger partial charge in [-0.25, -0.2) is 9.18 Å². The fourth-order valence-electron chi connectivity index (χ4n) is 2.84. The molecule has 29 heavy (non-hydrogen) atoms. The Bertz CT molecular complexity index is 1080. The fourth-order valence-corrected chi connectivity index (χ4v) is 3.06. The predicted octanol–water partition coefficient (Wildman–Crippen LogP) is 4.89. The number of halogens is 2. The molecule has 2 amide bonds. The Morgan fingerprint density at radius 1 is 1.24 bits per heavy atom. The van der Waals surface area contributed by atoms with Crippen molar-refractivity contribution in [2.45, 2.75) is 20.4 Å². The second kappa shape index (κ2) is 8.27. The van der Waals surface area contributed by atoms with Crippen molar-refractivity contribution in [3.63, 3.8) is 0 Å². The number of anilines is 2. The lowest BCUT2D eigenvalue weighted by Gasteiger charge is -2.10. The number of aromatic nitrogens is 2. The first-order valence-electron chi connectivity index (χ1n) is 8.55. The zero-order valence-electron chi connectivity index (χ0n) is 15.6. The van der Waals surface area contributed by atoms with Crippen molar-refractivity contribution in [1.29, 1.82) is 0 Å². The number of hydrogen-bond donors (Lipinski definition) is 2. The van der Waals surface area contributed by atoms with Crippen LogP contribution >= 0.6 is 11.6 Å². The summed E-state index contributed by atoms with van der Waals surface area (Å²) >= 11 is 6.08. The monoisotopic (exact) mass is 417 g/mol. The van der Waals surface area contributed by atoms with Crippen LogP contribution in [0.5, 0.6) is 0 Å². The highest BCUT2D eigenvalue weighted by atomic mass is 35.5. The molecule has 8 nitrogen and oxygen atoms in total. The SMILES string of the molecule is Cc1nn(Cc2c(F)cccc2Cl)c(C)c1NC(=O)Nc1cccc([N+](=O)[O-])c1. The molecule has 0 atom stereocenters. The van der Waals surface area contributed by atoms with Crippen molar-refractivity contribution in [3.05, 3.63) is 80.4 Å². The maximum atomic E-state index is 14.1. The van der Waals surface area contributed by atoms with E-state index in [-0.39, 0.29) is 22.9 Å². The normalized spacial score (nSPS) is 10.6. The van der Waals surface area contributed by atoms with E-state index in [1.807, 2.05) is 0 Å². The van der Waals surface area contributed by atoms with Gasteiger partial charge in [0.25, 0.3) is 5.69 Å². The first-order chi connectivity index (χ1) is 13.8. The average Bonchev–Trinajstić information content (AvgIpc) is 2.92. The third-order valence-electron chi connectivity index (χ3n) is 4.30. The zero-order valence-corrected chi connectivity index (χ0v) is 16.3. The van der Waals surface area contributed by atoms with Crippen molar-refractivity contribution < 1.29 is 14.1 Å². The first-order valence-corrected chi connectivity index (χ1v) is 8.93. The van der Waals surface area contributed by atoms with E-state index in [9.17, 15) is 19.3 Å². The topological polar surface area (TPSA) is 102 Å². The van der Waals surface area contributed by atoms with Crippen LogP contribution in [0.15, 0.2) is 42.5 Å². The number of carbonyl (C=O) groups excluding carboxylic acids is 1. The minimum Gasteiger partial charge on any atom is -0.307 e. The molecule has 1 aromatic heterocycles. The molecule has 150 valence electrons. The molecule has 2 aromatic carbocycles. The number of amides is 2. The Morgan fingerprint density at radius 3 is 2.66 bits per heavy atom. The van der Waals surface area contributed by atoms with Gasteiger partial charge in [0.15, 0.2) is 0 Å². The number of urea groups is 1. The van der Waals surface area contributed by atoms with Gasteiger partial charge in [-0.1, -0.05) is 23.7 Å². The molecule has 3 rings (SSSR count). The van der Waals surface area contributed by atoms with Gasteiger partial charge < -0.3 is 10.6 Å². The van der Waals surface area contributed by atoms with E-state index in [1.54, 1.807) is 24.6 Å². The second-order valence-corrected chi connectivity index (χ2v) is 6.70. The van der Waals surface area contributed by atoms with Gasteiger partial charge >= 0.3 is 6.03 Å². The fraction of sp³-hybridized carbons (Fsp3) is 0.158. The standard InChI is InChI=1S/C19H17ClFN5O3/c1-11-18(23-19(27)22-13-5-3-6-14(9-13)26(28)29)12(2)25(24-11)10-15-16(20)7-4-8-17(15)21/h3-9H,10H2,1-2H3,(H2,22,23,27). The summed E-state index contributed by atoms with van der Waals surface area (Å²) in [5.41, 5.74) is 2.04. The molecular weight excluding hydrogens is 401 g/mol. The number of nitro groups is 1. The van der Waals surface area contributed by atoms with E-state index in [0.717, 1.165) is 0 Å². The minimum absolute atomic E-state index is 0.104. The lowest BCUT2D eigenvalue weighted by Crippen LogP contribution is -2.20. The third-order valence-corrected chi connectivity index (χ3v) is 4.66. The molecule has 0 fully saturated rings. The van der Waals surface area contributed by atoms with Crippen LogP contribution < -0.4 is 10.6 Å². The summed E-state index contributed by atoms with van der Waals surface area (Å²) in [6, 6.07) is 9.44. The van der Waals surface area contributed by atoms with Crippen molar-refractivity contribution in [2.24, 2.45) is 0 Å². The summed E-state index contributed by atoms with van der Waals surface area (Å²) in [5.74, 6) is -0.442. The van der Waals surface area contributed by atoms with Crippen LogP contribution in [-0.4, -0.2) is 20.7 Å². The minimum atomic E-state index is -0.583. The van der Waals surface area contributed by atoms with E-state index >= 15 is 0 Å². The highest BCUT2D eigenvalue weighted by Crippen LogP contribution is 2.25. The Hall–Kier alpha value is -3.46. The van der Waals surface area contributed by atoms with Gasteiger partial charge in [0, 0.05) is 28.4 Å². The smallest absolute Gasteiger partial charge is 0.307 e. The zero-order chi connectivity index (χ0) is 21.1. The number of aryl methyl sites for hydroxylation is 1. The quantitative estimate of drug-likeness (QED) is 0.455. The van der Waals surface area contributed by atoms with Gasteiger partial charge in [0.05, 0.1) is 28.5 Å². The molecule has 0 unspecified atom stereocenters. The third kappa shape index (κ3) is 4.52. The summed E-state index contributed by atoms with van der Waals surface area (Å²) in [5, 5.41) is 20.7. The summed E-state index contributed by atoms with van der Waals surface area (Å²) in [4.78, 5) is 22.6. The van der Waals surface area contributed by atoms with Crippen molar-refractivity contribution >= 4 is 34.7 Å². The molecule has 0 bridgehead atoms. The van der Waals surface area contributed by atoms with E-state index in [1.165, 1.54) is 36.4 Å². The number of hydrogen-bond acceptors (Lipinski definition) is 4. The van der Waals surface area contributed by atoms with E-state index < -0.39 is 16.8 Å². The van der Waals surface area contributed by atoms with E-state index in [4.69, 9.17) is 11.6 Å². The van der Waals surface area contributed by atoms with Crippen molar-refractivity contribution in [3.8, 4) is 0 Å². The van der Waals surface area contributed by atoms with Gasteiger partial charge in [-0.05, 0) is 32.0 Å². The molecule has 2 N–H and O–H groups in total. The number of benzene rings is 2. The largest absolute Gasteiger partial charge is 0.323 e. The first kappa shape index (κ1) is 20.3. The summed E-state index contributed by atoms with van der Waals surface area (Å²) in [6.45, 7) is 3.54. The Labute approximate surface area is 170 Å². The summed E-state index contributed by atoms with van der Waals surface area (Å²) in [6.07, 6.45) is 0. The molecule has 0 spiro atoms. The Morgan fingerprint density at radius 2 is 1.97 bits per heavy atom. The summed E-state index contributed by atoms with van der Waals surface area (Å²) in [7, 11) is 0. The predicted molar refractivity (Wildman–Crippen MR) is 108 cm³/mol. The highest BCUT2D eigenvalue weighted by molar-refractivity contribution is 6.31. The molecule has 0 aliphatic rings. The van der Waals surface area contributed by atoms with E-state index in [2.05, 4.69) is 15.7 Å². The number of nitrogens with zero attached hydrogens (tertiary/aromatic N) is 3. The van der Waals surface area contributed by atoms with Crippen LogP contribution in [0.3, 0.4) is 0 Å². The molecule has 0 saturated carbocycles. The van der Waals surface area contributed by atoms with Gasteiger partial charge in [-0.3, -0.25) is 14.8 Å². The van der Waals surface area contributed by atoms with Crippen LogP contribution in [0.1, 0.15) is 17.0 Å². The lowest BCUT2D eigenvalue weighted by molar-refractivity contribution is -0.384. The van der Waals surface area contributed by atoms with E-state index in [0.29, 0.717) is 22.6 Å². The molecule has 0 saturated heterocycles. The van der Waals surface area contributed by atoms with Gasteiger partial charge in [-0.2, -0.15) is 5.10 Å². The summed E-state index contributed by atoms with van der Waals surface area (Å²) < 4.78 is 15.6.